The smallest absolute Gasteiger partial charge is 0.350 e. The molecule has 200 valence electrons. The van der Waals surface area contributed by atoms with E-state index in [0.717, 1.165) is 30.5 Å². The molecule has 0 bridgehead atoms. The lowest BCUT2D eigenvalue weighted by atomic mass is 9.87. The normalized spacial score (nSPS) is 12.4. The van der Waals surface area contributed by atoms with Crippen molar-refractivity contribution in [2.24, 2.45) is 0 Å². The molecule has 0 saturated carbocycles. The molecule has 3 aromatic rings. The van der Waals surface area contributed by atoms with E-state index in [1.165, 1.54) is 11.1 Å². The molecule has 3 rings (SSSR count). The summed E-state index contributed by atoms with van der Waals surface area (Å²) in [6.07, 6.45) is 4.49. The molecule has 6 nitrogen and oxygen atoms in total. The highest BCUT2D eigenvalue weighted by Gasteiger charge is 2.34. The second kappa shape index (κ2) is 11.0. The first-order valence-corrected chi connectivity index (χ1v) is 13.0. The Morgan fingerprint density at radius 2 is 1.43 bits per heavy atom. The third-order valence-corrected chi connectivity index (χ3v) is 6.11. The van der Waals surface area contributed by atoms with Gasteiger partial charge in [-0.05, 0) is 88.1 Å². The van der Waals surface area contributed by atoms with Gasteiger partial charge >= 0.3 is 11.7 Å². The molecule has 0 spiro atoms. The van der Waals surface area contributed by atoms with Gasteiger partial charge in [-0.1, -0.05) is 57.2 Å². The van der Waals surface area contributed by atoms with Crippen LogP contribution in [0.1, 0.15) is 84.2 Å². The number of carbonyl (C=O) groups excluding carboxylic acids is 1. The topological polar surface area (TPSA) is 73.3 Å². The number of nitrogens with zero attached hydrogens (tertiary/aromatic N) is 1. The van der Waals surface area contributed by atoms with Gasteiger partial charge in [0, 0.05) is 11.9 Å². The van der Waals surface area contributed by atoms with Crippen molar-refractivity contribution in [2.75, 3.05) is 0 Å². The number of nitrogens with one attached hydrogen (secondary N) is 1. The van der Waals surface area contributed by atoms with E-state index in [9.17, 15) is 9.59 Å². The van der Waals surface area contributed by atoms with Crippen molar-refractivity contribution in [2.45, 2.75) is 97.8 Å². The number of ether oxygens (including phenoxy) is 2. The zero-order valence-electron chi connectivity index (χ0n) is 23.6. The minimum atomic E-state index is -1.08. The number of imidazole rings is 1. The molecule has 0 unspecified atom stereocenters. The molecule has 0 saturated heterocycles. The van der Waals surface area contributed by atoms with Crippen molar-refractivity contribution >= 4 is 5.97 Å². The Hall–Kier alpha value is -3.28. The highest BCUT2D eigenvalue weighted by atomic mass is 16.6. The van der Waals surface area contributed by atoms with Crippen LogP contribution in [0.5, 0.6) is 5.75 Å². The van der Waals surface area contributed by atoms with Gasteiger partial charge in [0.25, 0.3) is 0 Å². The van der Waals surface area contributed by atoms with E-state index in [1.807, 2.05) is 51.2 Å². The quantitative estimate of drug-likeness (QED) is 0.351. The summed E-state index contributed by atoms with van der Waals surface area (Å²) in [5.74, 6) is 0.225. The van der Waals surface area contributed by atoms with E-state index in [2.05, 4.69) is 50.0 Å². The predicted octanol–water partition coefficient (Wildman–Crippen LogP) is 6.20. The Morgan fingerprint density at radius 1 is 0.838 bits per heavy atom. The number of aromatic amines is 1. The molecule has 2 aromatic carbocycles. The number of aryl methyl sites for hydroxylation is 2. The van der Waals surface area contributed by atoms with E-state index in [4.69, 9.17) is 9.47 Å². The molecular weight excluding hydrogens is 464 g/mol. The second-order valence-corrected chi connectivity index (χ2v) is 12.3. The summed E-state index contributed by atoms with van der Waals surface area (Å²) in [6, 6.07) is 16.3. The number of hydrogen-bond donors (Lipinski definition) is 1. The number of hydrogen-bond acceptors (Lipinski definition) is 4. The number of carbonyl (C=O) groups is 1. The molecule has 0 aliphatic heterocycles. The van der Waals surface area contributed by atoms with E-state index >= 15 is 0 Å². The van der Waals surface area contributed by atoms with Crippen molar-refractivity contribution in [3.63, 3.8) is 0 Å². The van der Waals surface area contributed by atoms with Crippen LogP contribution >= 0.6 is 0 Å². The fourth-order valence-corrected chi connectivity index (χ4v) is 3.98. The number of rotatable bonds is 9. The minimum Gasteiger partial charge on any atom is -0.476 e. The van der Waals surface area contributed by atoms with Crippen LogP contribution in [0.2, 0.25) is 0 Å². The maximum absolute atomic E-state index is 12.4. The zero-order chi connectivity index (χ0) is 27.4. The molecule has 0 aliphatic carbocycles. The Balaban J connectivity index is 1.51. The average Bonchev–Trinajstić information content (AvgIpc) is 3.12. The summed E-state index contributed by atoms with van der Waals surface area (Å²) >= 11 is 0. The average molecular weight is 507 g/mol. The van der Waals surface area contributed by atoms with E-state index in [-0.39, 0.29) is 11.1 Å². The van der Waals surface area contributed by atoms with Crippen LogP contribution < -0.4 is 10.4 Å². The first-order valence-electron chi connectivity index (χ1n) is 13.0. The van der Waals surface area contributed by atoms with E-state index in [0.29, 0.717) is 12.3 Å². The summed E-state index contributed by atoms with van der Waals surface area (Å²) in [7, 11) is 0. The van der Waals surface area contributed by atoms with E-state index in [1.54, 1.807) is 18.4 Å². The lowest BCUT2D eigenvalue weighted by molar-refractivity contribution is -0.170. The van der Waals surface area contributed by atoms with Gasteiger partial charge in [-0.2, -0.15) is 0 Å². The molecule has 1 N–H and O–H groups in total. The van der Waals surface area contributed by atoms with Gasteiger partial charge in [0.2, 0.25) is 0 Å². The molecule has 0 amide bonds. The number of aromatic nitrogens is 2. The van der Waals surface area contributed by atoms with Crippen molar-refractivity contribution in [1.82, 2.24) is 9.55 Å². The van der Waals surface area contributed by atoms with Gasteiger partial charge < -0.3 is 14.5 Å². The molecule has 0 aliphatic rings. The van der Waals surface area contributed by atoms with Crippen LogP contribution in [0.25, 0.3) is 0 Å². The second-order valence-electron chi connectivity index (χ2n) is 12.3. The standard InChI is InChI=1S/C31H42N2O4/c1-29(2,3)24-16-12-23(13-17-24)20-33-21-25(32-28(33)35)11-9-10-22-14-18-26(19-15-22)36-31(7,8)27(34)37-30(4,5)6/h12-19,21H,9-11,20H2,1-8H3,(H,32,35). The first kappa shape index (κ1) is 28.3. The molecular formula is C31H42N2O4. The fourth-order valence-electron chi connectivity index (χ4n) is 3.98. The summed E-state index contributed by atoms with van der Waals surface area (Å²) in [5.41, 5.74) is 2.89. The van der Waals surface area contributed by atoms with Crippen LogP contribution in [0.3, 0.4) is 0 Å². The Bertz CT molecular complexity index is 1230. The molecule has 37 heavy (non-hydrogen) atoms. The summed E-state index contributed by atoms with van der Waals surface area (Å²) in [4.78, 5) is 27.9. The predicted molar refractivity (Wildman–Crippen MR) is 148 cm³/mol. The highest BCUT2D eigenvalue weighted by Crippen LogP contribution is 2.24. The lowest BCUT2D eigenvalue weighted by Crippen LogP contribution is -2.43. The molecule has 0 radical (unpaired) electrons. The Kier molecular flexibility index (Phi) is 8.41. The largest absolute Gasteiger partial charge is 0.476 e. The summed E-state index contributed by atoms with van der Waals surface area (Å²) in [5, 5.41) is 0. The van der Waals surface area contributed by atoms with Gasteiger partial charge in [0.05, 0.1) is 6.54 Å². The summed E-state index contributed by atoms with van der Waals surface area (Å²) < 4.78 is 13.1. The van der Waals surface area contributed by atoms with Crippen LogP contribution in [0.15, 0.2) is 59.5 Å². The lowest BCUT2D eigenvalue weighted by Gasteiger charge is -2.29. The molecule has 1 heterocycles. The zero-order valence-corrected chi connectivity index (χ0v) is 23.6. The van der Waals surface area contributed by atoms with Gasteiger partial charge in [-0.3, -0.25) is 4.57 Å². The molecule has 6 heteroatoms. The van der Waals surface area contributed by atoms with Crippen molar-refractivity contribution in [3.05, 3.63) is 87.6 Å². The maximum Gasteiger partial charge on any atom is 0.350 e. The SMILES string of the molecule is CC(C)(C)OC(=O)C(C)(C)Oc1ccc(CCCc2cn(Cc3ccc(C(C)(C)C)cc3)c(=O)[nH]2)cc1. The number of benzene rings is 2. The van der Waals surface area contributed by atoms with Crippen molar-refractivity contribution < 1.29 is 14.3 Å². The van der Waals surface area contributed by atoms with E-state index < -0.39 is 17.2 Å². The Labute approximate surface area is 221 Å². The van der Waals surface area contributed by atoms with Gasteiger partial charge in [0.1, 0.15) is 11.4 Å². The van der Waals surface area contributed by atoms with Crippen molar-refractivity contribution in [3.8, 4) is 5.75 Å². The van der Waals surface area contributed by atoms with Crippen LogP contribution in [0.4, 0.5) is 0 Å². The van der Waals surface area contributed by atoms with Gasteiger partial charge in [-0.15, -0.1) is 0 Å². The molecule has 1 aromatic heterocycles. The molecule has 0 fully saturated rings. The Morgan fingerprint density at radius 3 is 2.00 bits per heavy atom. The van der Waals surface area contributed by atoms with Crippen LogP contribution in [-0.2, 0) is 34.3 Å². The summed E-state index contributed by atoms with van der Waals surface area (Å²) in [6.45, 7) is 16.1. The van der Waals surface area contributed by atoms with Crippen LogP contribution in [0, 0.1) is 0 Å². The van der Waals surface area contributed by atoms with Crippen molar-refractivity contribution in [1.29, 1.82) is 0 Å². The number of esters is 1. The third kappa shape index (κ3) is 8.38. The first-order chi connectivity index (χ1) is 17.1. The minimum absolute atomic E-state index is 0.0796. The highest BCUT2D eigenvalue weighted by molar-refractivity contribution is 5.79. The van der Waals surface area contributed by atoms with Gasteiger partial charge in [-0.25, -0.2) is 9.59 Å². The monoisotopic (exact) mass is 506 g/mol. The molecule has 0 atom stereocenters. The maximum atomic E-state index is 12.4. The number of H-pyrrole nitrogens is 1. The fraction of sp³-hybridized carbons (Fsp3) is 0.484. The third-order valence-electron chi connectivity index (χ3n) is 6.11. The van der Waals surface area contributed by atoms with Crippen LogP contribution in [-0.4, -0.2) is 26.7 Å². The van der Waals surface area contributed by atoms with Gasteiger partial charge in [0.15, 0.2) is 5.60 Å².